The summed E-state index contributed by atoms with van der Waals surface area (Å²) in [6.07, 6.45) is 0. The second-order valence-electron chi connectivity index (χ2n) is 5.07. The van der Waals surface area contributed by atoms with Gasteiger partial charge in [0.1, 0.15) is 0 Å². The molecular weight excluding hydrogens is 278 g/mol. The molecule has 114 valence electrons. The molecule has 1 amide bonds. The van der Waals surface area contributed by atoms with E-state index in [1.807, 2.05) is 26.0 Å². The first-order valence-electron chi connectivity index (χ1n) is 7.17. The molecule has 0 spiro atoms. The average molecular weight is 297 g/mol. The maximum Gasteiger partial charge on any atom is 0.338 e. The second-order valence-corrected chi connectivity index (χ2v) is 5.07. The van der Waals surface area contributed by atoms with Crippen LogP contribution in [0.5, 0.6) is 0 Å². The van der Waals surface area contributed by atoms with Crippen LogP contribution in [0.2, 0.25) is 0 Å². The molecular formula is C18H19NO3. The van der Waals surface area contributed by atoms with Crippen molar-refractivity contribution in [1.29, 1.82) is 0 Å². The molecule has 0 heterocycles. The molecule has 0 fully saturated rings. The number of esters is 1. The van der Waals surface area contributed by atoms with Crippen molar-refractivity contribution in [2.24, 2.45) is 0 Å². The molecule has 2 rings (SSSR count). The highest BCUT2D eigenvalue weighted by molar-refractivity contribution is 6.05. The van der Waals surface area contributed by atoms with Crippen molar-refractivity contribution in [1.82, 2.24) is 0 Å². The fraction of sp³-hybridized carbons (Fsp3) is 0.222. The molecule has 4 heteroatoms. The largest absolute Gasteiger partial charge is 0.462 e. The van der Waals surface area contributed by atoms with Crippen molar-refractivity contribution < 1.29 is 14.3 Å². The van der Waals surface area contributed by atoms with Gasteiger partial charge in [-0.15, -0.1) is 0 Å². The van der Waals surface area contributed by atoms with E-state index in [-0.39, 0.29) is 5.91 Å². The summed E-state index contributed by atoms with van der Waals surface area (Å²) in [5, 5.41) is 2.84. The van der Waals surface area contributed by atoms with E-state index >= 15 is 0 Å². The van der Waals surface area contributed by atoms with E-state index in [0.29, 0.717) is 23.4 Å². The fourth-order valence-electron chi connectivity index (χ4n) is 2.00. The standard InChI is InChI=1S/C18H19NO3/c1-4-22-18(21)15-10-7-13(3)16(11-15)19-17(20)14-8-5-12(2)6-9-14/h5-11H,4H2,1-3H3,(H,19,20). The van der Waals surface area contributed by atoms with Gasteiger partial charge in [0.2, 0.25) is 0 Å². The van der Waals surface area contributed by atoms with E-state index in [9.17, 15) is 9.59 Å². The van der Waals surface area contributed by atoms with Crippen molar-refractivity contribution in [3.8, 4) is 0 Å². The minimum absolute atomic E-state index is 0.205. The number of nitrogens with one attached hydrogen (secondary N) is 1. The molecule has 1 N–H and O–H groups in total. The molecule has 2 aromatic carbocycles. The highest BCUT2D eigenvalue weighted by atomic mass is 16.5. The predicted octanol–water partition coefficient (Wildman–Crippen LogP) is 3.73. The monoisotopic (exact) mass is 297 g/mol. The van der Waals surface area contributed by atoms with Crippen molar-refractivity contribution >= 4 is 17.6 Å². The zero-order valence-corrected chi connectivity index (χ0v) is 13.0. The van der Waals surface area contributed by atoms with Crippen molar-refractivity contribution in [3.63, 3.8) is 0 Å². The number of benzene rings is 2. The number of carbonyl (C=O) groups excluding carboxylic acids is 2. The van der Waals surface area contributed by atoms with Gasteiger partial charge >= 0.3 is 5.97 Å². The molecule has 22 heavy (non-hydrogen) atoms. The van der Waals surface area contributed by atoms with Crippen LogP contribution in [0.1, 0.15) is 38.8 Å². The van der Waals surface area contributed by atoms with E-state index in [1.54, 1.807) is 37.3 Å². The Morgan fingerprint density at radius 3 is 2.27 bits per heavy atom. The van der Waals surface area contributed by atoms with Gasteiger partial charge in [-0.1, -0.05) is 23.8 Å². The molecule has 0 aliphatic carbocycles. The summed E-state index contributed by atoms with van der Waals surface area (Å²) < 4.78 is 4.97. The van der Waals surface area contributed by atoms with Crippen molar-refractivity contribution in [2.45, 2.75) is 20.8 Å². The lowest BCUT2D eigenvalue weighted by Crippen LogP contribution is -2.14. The smallest absolute Gasteiger partial charge is 0.338 e. The van der Waals surface area contributed by atoms with Crippen LogP contribution in [0.4, 0.5) is 5.69 Å². The zero-order chi connectivity index (χ0) is 16.1. The van der Waals surface area contributed by atoms with Crippen LogP contribution in [0.15, 0.2) is 42.5 Å². The molecule has 4 nitrogen and oxygen atoms in total. The summed E-state index contributed by atoms with van der Waals surface area (Å²) in [6, 6.07) is 12.4. The summed E-state index contributed by atoms with van der Waals surface area (Å²) in [7, 11) is 0. The van der Waals surface area contributed by atoms with Crippen LogP contribution in [0.3, 0.4) is 0 Å². The topological polar surface area (TPSA) is 55.4 Å². The van der Waals surface area contributed by atoms with Crippen LogP contribution < -0.4 is 5.32 Å². The molecule has 0 bridgehead atoms. The average Bonchev–Trinajstić information content (AvgIpc) is 2.50. The molecule has 0 aliphatic heterocycles. The summed E-state index contributed by atoms with van der Waals surface area (Å²) in [4.78, 5) is 24.0. The Hall–Kier alpha value is -2.62. The number of rotatable bonds is 4. The quantitative estimate of drug-likeness (QED) is 0.875. The van der Waals surface area contributed by atoms with E-state index < -0.39 is 5.97 Å². The molecule has 0 radical (unpaired) electrons. The number of hydrogen-bond acceptors (Lipinski definition) is 3. The SMILES string of the molecule is CCOC(=O)c1ccc(C)c(NC(=O)c2ccc(C)cc2)c1. The molecule has 0 saturated carbocycles. The number of hydrogen-bond donors (Lipinski definition) is 1. The van der Waals surface area contributed by atoms with Gasteiger partial charge in [-0.3, -0.25) is 4.79 Å². The number of anilines is 1. The van der Waals surface area contributed by atoms with E-state index in [4.69, 9.17) is 4.74 Å². The third-order valence-electron chi connectivity index (χ3n) is 3.31. The summed E-state index contributed by atoms with van der Waals surface area (Å²) >= 11 is 0. The van der Waals surface area contributed by atoms with E-state index in [0.717, 1.165) is 11.1 Å². The highest BCUT2D eigenvalue weighted by Gasteiger charge is 2.12. The number of aryl methyl sites for hydroxylation is 2. The Kier molecular flexibility index (Phi) is 4.94. The van der Waals surface area contributed by atoms with Gasteiger partial charge in [0.05, 0.1) is 12.2 Å². The third-order valence-corrected chi connectivity index (χ3v) is 3.31. The van der Waals surface area contributed by atoms with Crippen LogP contribution in [0.25, 0.3) is 0 Å². The highest BCUT2D eigenvalue weighted by Crippen LogP contribution is 2.19. The predicted molar refractivity (Wildman–Crippen MR) is 86.3 cm³/mol. The molecule has 2 aromatic rings. The number of amides is 1. The van der Waals surface area contributed by atoms with Crippen LogP contribution >= 0.6 is 0 Å². The van der Waals surface area contributed by atoms with Crippen LogP contribution in [-0.4, -0.2) is 18.5 Å². The Morgan fingerprint density at radius 1 is 1.00 bits per heavy atom. The normalized spacial score (nSPS) is 10.1. The lowest BCUT2D eigenvalue weighted by molar-refractivity contribution is 0.0526. The van der Waals surface area contributed by atoms with Gasteiger partial charge in [0.15, 0.2) is 0 Å². The Morgan fingerprint density at radius 2 is 1.64 bits per heavy atom. The number of ether oxygens (including phenoxy) is 1. The molecule has 0 atom stereocenters. The summed E-state index contributed by atoms with van der Waals surface area (Å²) in [6.45, 7) is 5.91. The van der Waals surface area contributed by atoms with E-state index in [2.05, 4.69) is 5.32 Å². The number of carbonyl (C=O) groups is 2. The first-order valence-corrected chi connectivity index (χ1v) is 7.17. The van der Waals surface area contributed by atoms with Crippen molar-refractivity contribution in [2.75, 3.05) is 11.9 Å². The molecule has 0 aromatic heterocycles. The third kappa shape index (κ3) is 3.73. The minimum Gasteiger partial charge on any atom is -0.462 e. The molecule has 0 saturated heterocycles. The lowest BCUT2D eigenvalue weighted by atomic mass is 10.1. The van der Waals surface area contributed by atoms with Crippen LogP contribution in [0, 0.1) is 13.8 Å². The van der Waals surface area contributed by atoms with Gasteiger partial charge in [-0.2, -0.15) is 0 Å². The first kappa shape index (κ1) is 15.8. The summed E-state index contributed by atoms with van der Waals surface area (Å²) in [5.74, 6) is -0.600. The maximum atomic E-state index is 12.3. The Balaban J connectivity index is 2.21. The van der Waals surface area contributed by atoms with Crippen molar-refractivity contribution in [3.05, 3.63) is 64.7 Å². The lowest BCUT2D eigenvalue weighted by Gasteiger charge is -2.10. The van der Waals surface area contributed by atoms with Gasteiger partial charge in [0.25, 0.3) is 5.91 Å². The first-order chi connectivity index (χ1) is 10.5. The van der Waals surface area contributed by atoms with Gasteiger partial charge in [-0.25, -0.2) is 4.79 Å². The Labute approximate surface area is 130 Å². The van der Waals surface area contributed by atoms with Crippen LogP contribution in [-0.2, 0) is 4.74 Å². The fourth-order valence-corrected chi connectivity index (χ4v) is 2.00. The summed E-state index contributed by atoms with van der Waals surface area (Å²) in [5.41, 5.74) is 3.58. The van der Waals surface area contributed by atoms with Gasteiger partial charge in [0, 0.05) is 11.3 Å². The maximum absolute atomic E-state index is 12.3. The van der Waals surface area contributed by atoms with Gasteiger partial charge in [-0.05, 0) is 50.6 Å². The molecule has 0 aliphatic rings. The Bertz CT molecular complexity index is 690. The molecule has 0 unspecified atom stereocenters. The second kappa shape index (κ2) is 6.89. The zero-order valence-electron chi connectivity index (χ0n) is 13.0. The minimum atomic E-state index is -0.395. The van der Waals surface area contributed by atoms with E-state index in [1.165, 1.54) is 0 Å². The van der Waals surface area contributed by atoms with Gasteiger partial charge < -0.3 is 10.1 Å².